The number of nitrogens with zero attached hydrogens (tertiary/aromatic N) is 2. The van der Waals surface area contributed by atoms with Gasteiger partial charge in [-0.2, -0.15) is 5.10 Å². The Labute approximate surface area is 131 Å². The number of methoxy groups -OCH3 is 1. The second-order valence-electron chi connectivity index (χ2n) is 6.18. The number of nitrogens with one attached hydrogen (secondary N) is 1. The van der Waals surface area contributed by atoms with E-state index < -0.39 is 10.0 Å². The molecular weight excluding hydrogens is 306 g/mol. The third-order valence-corrected chi connectivity index (χ3v) is 6.60. The Morgan fingerprint density at radius 3 is 2.77 bits per heavy atom. The SMILES string of the molecule is COC[C@@H]1[C@H](NS(=O)(=O)c2c(C)nn(C)c2C)[C@H]2CCO[C@H]21. The van der Waals surface area contributed by atoms with Crippen LogP contribution in [0.5, 0.6) is 0 Å². The zero-order valence-corrected chi connectivity index (χ0v) is 14.2. The van der Waals surface area contributed by atoms with Crippen LogP contribution >= 0.6 is 0 Å². The molecule has 124 valence electrons. The minimum absolute atomic E-state index is 0.0737. The molecule has 0 aromatic carbocycles. The van der Waals surface area contributed by atoms with Crippen molar-refractivity contribution in [3.63, 3.8) is 0 Å². The van der Waals surface area contributed by atoms with Crippen molar-refractivity contribution in [1.82, 2.24) is 14.5 Å². The predicted molar refractivity (Wildman–Crippen MR) is 80.0 cm³/mol. The second kappa shape index (κ2) is 5.59. The van der Waals surface area contributed by atoms with Crippen LogP contribution in [0.1, 0.15) is 17.8 Å². The first-order valence-electron chi connectivity index (χ1n) is 7.50. The highest BCUT2D eigenvalue weighted by Crippen LogP contribution is 2.44. The van der Waals surface area contributed by atoms with Gasteiger partial charge in [0, 0.05) is 38.6 Å². The summed E-state index contributed by atoms with van der Waals surface area (Å²) in [5, 5.41) is 4.20. The number of ether oxygens (including phenoxy) is 2. The number of hydrogen-bond acceptors (Lipinski definition) is 5. The highest BCUT2D eigenvalue weighted by molar-refractivity contribution is 7.89. The minimum Gasteiger partial charge on any atom is -0.384 e. The van der Waals surface area contributed by atoms with Gasteiger partial charge in [-0.15, -0.1) is 0 Å². The fourth-order valence-electron chi connectivity index (χ4n) is 3.78. The van der Waals surface area contributed by atoms with Crippen LogP contribution in [0.25, 0.3) is 0 Å². The van der Waals surface area contributed by atoms with Crippen LogP contribution in [-0.2, 0) is 26.5 Å². The van der Waals surface area contributed by atoms with E-state index in [9.17, 15) is 8.42 Å². The molecule has 7 nitrogen and oxygen atoms in total. The molecule has 0 amide bonds. The van der Waals surface area contributed by atoms with E-state index in [1.54, 1.807) is 32.7 Å². The van der Waals surface area contributed by atoms with E-state index in [1.165, 1.54) is 0 Å². The molecular formula is C14H23N3O4S. The maximum Gasteiger partial charge on any atom is 0.244 e. The van der Waals surface area contributed by atoms with E-state index >= 15 is 0 Å². The number of rotatable bonds is 5. The van der Waals surface area contributed by atoms with Crippen molar-refractivity contribution in [3.05, 3.63) is 11.4 Å². The van der Waals surface area contributed by atoms with E-state index in [4.69, 9.17) is 9.47 Å². The van der Waals surface area contributed by atoms with E-state index in [0.29, 0.717) is 24.6 Å². The molecule has 0 unspecified atom stereocenters. The lowest BCUT2D eigenvalue weighted by atomic mass is 9.68. The van der Waals surface area contributed by atoms with Gasteiger partial charge in [0.05, 0.1) is 24.1 Å². The van der Waals surface area contributed by atoms with Crippen LogP contribution < -0.4 is 4.72 Å². The molecule has 1 aromatic heterocycles. The monoisotopic (exact) mass is 329 g/mol. The van der Waals surface area contributed by atoms with E-state index in [-0.39, 0.29) is 28.9 Å². The molecule has 1 N–H and O–H groups in total. The van der Waals surface area contributed by atoms with Gasteiger partial charge in [-0.25, -0.2) is 13.1 Å². The van der Waals surface area contributed by atoms with Gasteiger partial charge < -0.3 is 9.47 Å². The standard InChI is InChI=1S/C14H23N3O4S/c1-8-14(9(2)17(3)15-8)22(18,19)16-12-10-5-6-21-13(10)11(12)7-20-4/h10-13,16H,5-7H2,1-4H3/t10-,11-,12-,13-/m1/s1. The van der Waals surface area contributed by atoms with Crippen LogP contribution in [0.2, 0.25) is 0 Å². The van der Waals surface area contributed by atoms with Gasteiger partial charge >= 0.3 is 0 Å². The molecule has 2 aliphatic rings. The average Bonchev–Trinajstić information content (AvgIpc) is 2.96. The Morgan fingerprint density at radius 2 is 2.18 bits per heavy atom. The summed E-state index contributed by atoms with van der Waals surface area (Å²) in [6.45, 7) is 4.68. The van der Waals surface area contributed by atoms with Gasteiger partial charge in [0.15, 0.2) is 0 Å². The summed E-state index contributed by atoms with van der Waals surface area (Å²) in [6, 6.07) is -0.128. The summed E-state index contributed by atoms with van der Waals surface area (Å²) >= 11 is 0. The maximum atomic E-state index is 12.8. The predicted octanol–water partition coefficient (Wildman–Crippen LogP) is 0.365. The van der Waals surface area contributed by atoms with Gasteiger partial charge in [0.25, 0.3) is 0 Å². The number of aromatic nitrogens is 2. The first kappa shape index (κ1) is 15.9. The largest absolute Gasteiger partial charge is 0.384 e. The molecule has 1 saturated heterocycles. The van der Waals surface area contributed by atoms with Crippen molar-refractivity contribution >= 4 is 10.0 Å². The molecule has 3 rings (SSSR count). The van der Waals surface area contributed by atoms with Crippen LogP contribution in [0.15, 0.2) is 4.90 Å². The van der Waals surface area contributed by atoms with Crippen molar-refractivity contribution in [1.29, 1.82) is 0 Å². The normalized spacial score (nSPS) is 31.1. The highest BCUT2D eigenvalue weighted by Gasteiger charge is 2.55. The van der Waals surface area contributed by atoms with Crippen molar-refractivity contribution in [3.8, 4) is 0 Å². The molecule has 1 aromatic rings. The fraction of sp³-hybridized carbons (Fsp3) is 0.786. The Bertz CT molecular complexity index is 670. The Balaban J connectivity index is 1.85. The number of hydrogen-bond donors (Lipinski definition) is 1. The molecule has 2 fully saturated rings. The van der Waals surface area contributed by atoms with Gasteiger partial charge in [-0.05, 0) is 20.3 Å². The van der Waals surface area contributed by atoms with Gasteiger partial charge in [-0.1, -0.05) is 0 Å². The number of sulfonamides is 1. The number of fused-ring (bicyclic) bond motifs is 1. The van der Waals surface area contributed by atoms with Crippen molar-refractivity contribution in [2.45, 2.75) is 37.3 Å². The zero-order valence-electron chi connectivity index (χ0n) is 13.4. The van der Waals surface area contributed by atoms with Crippen LogP contribution in [-0.4, -0.2) is 50.7 Å². The van der Waals surface area contributed by atoms with Crippen LogP contribution in [0.3, 0.4) is 0 Å². The highest BCUT2D eigenvalue weighted by atomic mass is 32.2. The summed E-state index contributed by atoms with van der Waals surface area (Å²) < 4.78 is 40.9. The van der Waals surface area contributed by atoms with E-state index in [1.807, 2.05) is 0 Å². The lowest BCUT2D eigenvalue weighted by Crippen LogP contribution is -2.62. The second-order valence-corrected chi connectivity index (χ2v) is 7.83. The summed E-state index contributed by atoms with van der Waals surface area (Å²) in [5.41, 5.74) is 1.17. The smallest absolute Gasteiger partial charge is 0.244 e. The van der Waals surface area contributed by atoms with Gasteiger partial charge in [-0.3, -0.25) is 4.68 Å². The van der Waals surface area contributed by atoms with Crippen molar-refractivity contribution < 1.29 is 17.9 Å². The number of aryl methyl sites for hydroxylation is 2. The molecule has 8 heteroatoms. The first-order chi connectivity index (χ1) is 10.4. The van der Waals surface area contributed by atoms with E-state index in [0.717, 1.165) is 6.42 Å². The lowest BCUT2D eigenvalue weighted by Gasteiger charge is -2.47. The summed E-state index contributed by atoms with van der Waals surface area (Å²) in [7, 11) is -0.218. The Hall–Kier alpha value is -0.960. The topological polar surface area (TPSA) is 82.5 Å². The Morgan fingerprint density at radius 1 is 1.45 bits per heavy atom. The maximum absolute atomic E-state index is 12.8. The summed E-state index contributed by atoms with van der Waals surface area (Å²) in [6.07, 6.45) is 1.01. The summed E-state index contributed by atoms with van der Waals surface area (Å²) in [5.74, 6) is 0.316. The van der Waals surface area contributed by atoms with Crippen molar-refractivity contribution in [2.75, 3.05) is 20.3 Å². The average molecular weight is 329 g/mol. The third-order valence-electron chi connectivity index (χ3n) is 4.89. The molecule has 4 atom stereocenters. The molecule has 2 heterocycles. The zero-order chi connectivity index (χ0) is 16.1. The fourth-order valence-corrected chi connectivity index (χ4v) is 5.55. The molecule has 1 aliphatic carbocycles. The molecule has 1 aliphatic heterocycles. The molecule has 22 heavy (non-hydrogen) atoms. The molecule has 0 radical (unpaired) electrons. The van der Waals surface area contributed by atoms with Gasteiger partial charge in [0.2, 0.25) is 10.0 Å². The molecule has 0 spiro atoms. The quantitative estimate of drug-likeness (QED) is 0.844. The third kappa shape index (κ3) is 2.38. The Kier molecular flexibility index (Phi) is 4.05. The minimum atomic E-state index is -3.60. The van der Waals surface area contributed by atoms with Crippen LogP contribution in [0.4, 0.5) is 0 Å². The summed E-state index contributed by atoms with van der Waals surface area (Å²) in [4.78, 5) is 0.286. The van der Waals surface area contributed by atoms with Gasteiger partial charge in [0.1, 0.15) is 4.90 Å². The van der Waals surface area contributed by atoms with Crippen molar-refractivity contribution in [2.24, 2.45) is 18.9 Å². The van der Waals surface area contributed by atoms with Crippen LogP contribution in [0, 0.1) is 25.7 Å². The lowest BCUT2D eigenvalue weighted by molar-refractivity contribution is -0.0775. The molecule has 0 bridgehead atoms. The van der Waals surface area contributed by atoms with E-state index in [2.05, 4.69) is 9.82 Å². The first-order valence-corrected chi connectivity index (χ1v) is 8.98. The molecule has 1 saturated carbocycles.